The van der Waals surface area contributed by atoms with Crippen LogP contribution in [-0.2, 0) is 0 Å². The molecular formula is C16H25N3OS. The molecule has 1 heterocycles. The molecule has 1 aromatic carbocycles. The van der Waals surface area contributed by atoms with E-state index in [2.05, 4.69) is 16.8 Å². The molecule has 0 unspecified atom stereocenters. The van der Waals surface area contributed by atoms with Crippen LogP contribution in [0.15, 0.2) is 24.3 Å². The second-order valence-corrected chi connectivity index (χ2v) is 6.00. The first-order valence-corrected chi connectivity index (χ1v) is 8.00. The predicted octanol–water partition coefficient (Wildman–Crippen LogP) is 1.73. The van der Waals surface area contributed by atoms with Gasteiger partial charge in [0, 0.05) is 19.6 Å². The summed E-state index contributed by atoms with van der Waals surface area (Å²) >= 11 is 5.04. The fourth-order valence-corrected chi connectivity index (χ4v) is 2.76. The lowest BCUT2D eigenvalue weighted by molar-refractivity contribution is 0.237. The average molecular weight is 307 g/mol. The van der Waals surface area contributed by atoms with E-state index in [1.165, 1.54) is 19.5 Å². The van der Waals surface area contributed by atoms with Crippen molar-refractivity contribution >= 4 is 17.2 Å². The Morgan fingerprint density at radius 2 is 2.05 bits per heavy atom. The number of nitrogens with zero attached hydrogens (tertiary/aromatic N) is 2. The molecule has 21 heavy (non-hydrogen) atoms. The predicted molar refractivity (Wildman–Crippen MR) is 91.0 cm³/mol. The zero-order valence-corrected chi connectivity index (χ0v) is 13.6. The van der Waals surface area contributed by atoms with Crippen molar-refractivity contribution in [2.45, 2.75) is 12.8 Å². The molecule has 0 aliphatic carbocycles. The van der Waals surface area contributed by atoms with Crippen LogP contribution < -0.4 is 10.5 Å². The molecule has 2 N–H and O–H groups in total. The van der Waals surface area contributed by atoms with E-state index < -0.39 is 0 Å². The summed E-state index contributed by atoms with van der Waals surface area (Å²) in [6.07, 6.45) is 2.27. The standard InChI is InChI=1S/C16H25N3OS/c1-18-8-4-9-19(12-11-18)10-5-13-20-15-7-3-2-6-14(15)16(17)21/h2-3,6-7H,4-5,8-13H2,1H3,(H2,17,21). The van der Waals surface area contributed by atoms with Gasteiger partial charge in [-0.1, -0.05) is 24.4 Å². The van der Waals surface area contributed by atoms with Crippen molar-refractivity contribution < 1.29 is 4.74 Å². The maximum atomic E-state index is 5.84. The van der Waals surface area contributed by atoms with Gasteiger partial charge in [-0.15, -0.1) is 0 Å². The van der Waals surface area contributed by atoms with Gasteiger partial charge in [0.1, 0.15) is 10.7 Å². The quantitative estimate of drug-likeness (QED) is 0.640. The monoisotopic (exact) mass is 307 g/mol. The number of para-hydroxylation sites is 1. The molecule has 1 fully saturated rings. The van der Waals surface area contributed by atoms with Gasteiger partial charge in [0.25, 0.3) is 0 Å². The van der Waals surface area contributed by atoms with E-state index in [4.69, 9.17) is 22.7 Å². The highest BCUT2D eigenvalue weighted by Gasteiger charge is 2.11. The Bertz CT molecular complexity index is 467. The molecule has 116 valence electrons. The van der Waals surface area contributed by atoms with E-state index >= 15 is 0 Å². The van der Waals surface area contributed by atoms with Gasteiger partial charge in [0.15, 0.2) is 0 Å². The Balaban J connectivity index is 1.73. The Kier molecular flexibility index (Phi) is 6.42. The number of nitrogens with two attached hydrogens (primary N) is 1. The second-order valence-electron chi connectivity index (χ2n) is 5.56. The summed E-state index contributed by atoms with van der Waals surface area (Å²) in [5.74, 6) is 0.792. The minimum Gasteiger partial charge on any atom is -0.493 e. The Morgan fingerprint density at radius 1 is 1.24 bits per heavy atom. The van der Waals surface area contributed by atoms with Gasteiger partial charge in [-0.05, 0) is 45.1 Å². The van der Waals surface area contributed by atoms with Crippen LogP contribution in [0.5, 0.6) is 5.75 Å². The summed E-state index contributed by atoms with van der Waals surface area (Å²) in [5, 5.41) is 0. The topological polar surface area (TPSA) is 41.7 Å². The number of ether oxygens (including phenoxy) is 1. The average Bonchev–Trinajstić information content (AvgIpc) is 2.68. The van der Waals surface area contributed by atoms with Crippen molar-refractivity contribution in [3.63, 3.8) is 0 Å². The Labute approximate surface area is 132 Å². The lowest BCUT2D eigenvalue weighted by Gasteiger charge is -2.20. The van der Waals surface area contributed by atoms with Crippen LogP contribution in [0.2, 0.25) is 0 Å². The fraction of sp³-hybridized carbons (Fsp3) is 0.562. The summed E-state index contributed by atoms with van der Waals surface area (Å²) in [4.78, 5) is 5.31. The van der Waals surface area contributed by atoms with Crippen molar-refractivity contribution in [3.8, 4) is 5.75 Å². The van der Waals surface area contributed by atoms with Crippen molar-refractivity contribution in [2.75, 3.05) is 46.4 Å². The molecule has 0 amide bonds. The van der Waals surface area contributed by atoms with E-state index in [9.17, 15) is 0 Å². The molecule has 1 aliphatic rings. The fourth-order valence-electron chi connectivity index (χ4n) is 2.59. The van der Waals surface area contributed by atoms with Gasteiger partial charge in [-0.25, -0.2) is 0 Å². The van der Waals surface area contributed by atoms with Crippen molar-refractivity contribution in [3.05, 3.63) is 29.8 Å². The van der Waals surface area contributed by atoms with Gasteiger partial charge < -0.3 is 20.3 Å². The van der Waals surface area contributed by atoms with E-state index in [1.807, 2.05) is 24.3 Å². The van der Waals surface area contributed by atoms with Crippen LogP contribution in [0, 0.1) is 0 Å². The van der Waals surface area contributed by atoms with Gasteiger partial charge in [0.2, 0.25) is 0 Å². The lowest BCUT2D eigenvalue weighted by Crippen LogP contribution is -2.30. The van der Waals surface area contributed by atoms with E-state index in [-0.39, 0.29) is 0 Å². The molecule has 2 rings (SSSR count). The molecule has 0 spiro atoms. The number of benzene rings is 1. The molecule has 1 aliphatic heterocycles. The first kappa shape index (κ1) is 16.2. The molecule has 0 bridgehead atoms. The largest absolute Gasteiger partial charge is 0.493 e. The zero-order valence-electron chi connectivity index (χ0n) is 12.8. The molecule has 0 atom stereocenters. The molecule has 4 nitrogen and oxygen atoms in total. The number of thiocarbonyl (C=S) groups is 1. The van der Waals surface area contributed by atoms with Crippen LogP contribution in [0.4, 0.5) is 0 Å². The molecule has 0 aromatic heterocycles. The summed E-state index contributed by atoms with van der Waals surface area (Å²) < 4.78 is 5.84. The number of likely N-dealkylation sites (N-methyl/N-ethyl adjacent to an activating group) is 1. The summed E-state index contributed by atoms with van der Waals surface area (Å²) in [6, 6.07) is 7.70. The molecule has 0 radical (unpaired) electrons. The van der Waals surface area contributed by atoms with E-state index in [0.29, 0.717) is 11.6 Å². The SMILES string of the molecule is CN1CCCN(CCCOc2ccccc2C(N)=S)CC1. The number of rotatable bonds is 6. The van der Waals surface area contributed by atoms with Crippen LogP contribution in [0.1, 0.15) is 18.4 Å². The van der Waals surface area contributed by atoms with Gasteiger partial charge in [0.05, 0.1) is 12.2 Å². The highest BCUT2D eigenvalue weighted by molar-refractivity contribution is 7.80. The zero-order chi connectivity index (χ0) is 15.1. The third-order valence-electron chi connectivity index (χ3n) is 3.84. The Morgan fingerprint density at radius 3 is 2.86 bits per heavy atom. The minimum absolute atomic E-state index is 0.390. The van der Waals surface area contributed by atoms with Crippen LogP contribution in [0.25, 0.3) is 0 Å². The molecule has 1 aromatic rings. The smallest absolute Gasteiger partial charge is 0.129 e. The third-order valence-corrected chi connectivity index (χ3v) is 4.06. The van der Waals surface area contributed by atoms with Gasteiger partial charge in [-0.3, -0.25) is 0 Å². The van der Waals surface area contributed by atoms with Gasteiger partial charge in [-0.2, -0.15) is 0 Å². The van der Waals surface area contributed by atoms with Crippen LogP contribution in [-0.4, -0.2) is 61.2 Å². The number of hydrogen-bond donors (Lipinski definition) is 1. The Hall–Kier alpha value is -1.17. The van der Waals surface area contributed by atoms with Crippen molar-refractivity contribution in [1.29, 1.82) is 0 Å². The molecule has 0 saturated carbocycles. The second kappa shape index (κ2) is 8.32. The van der Waals surface area contributed by atoms with E-state index in [1.54, 1.807) is 0 Å². The van der Waals surface area contributed by atoms with Crippen LogP contribution >= 0.6 is 12.2 Å². The summed E-state index contributed by atoms with van der Waals surface area (Å²) in [6.45, 7) is 6.49. The third kappa shape index (κ3) is 5.26. The van der Waals surface area contributed by atoms with Crippen LogP contribution in [0.3, 0.4) is 0 Å². The first-order valence-electron chi connectivity index (χ1n) is 7.59. The van der Waals surface area contributed by atoms with E-state index in [0.717, 1.165) is 37.4 Å². The summed E-state index contributed by atoms with van der Waals surface area (Å²) in [5.41, 5.74) is 6.53. The van der Waals surface area contributed by atoms with Crippen molar-refractivity contribution in [1.82, 2.24) is 9.80 Å². The molecular weight excluding hydrogens is 282 g/mol. The normalized spacial score (nSPS) is 17.4. The first-order chi connectivity index (χ1) is 10.2. The summed E-state index contributed by atoms with van der Waals surface area (Å²) in [7, 11) is 2.19. The maximum Gasteiger partial charge on any atom is 0.129 e. The highest BCUT2D eigenvalue weighted by Crippen LogP contribution is 2.17. The molecule has 5 heteroatoms. The lowest BCUT2D eigenvalue weighted by atomic mass is 10.2. The maximum absolute atomic E-state index is 5.84. The highest BCUT2D eigenvalue weighted by atomic mass is 32.1. The minimum atomic E-state index is 0.390. The van der Waals surface area contributed by atoms with Crippen molar-refractivity contribution in [2.24, 2.45) is 5.73 Å². The molecule has 1 saturated heterocycles. The van der Waals surface area contributed by atoms with Gasteiger partial charge >= 0.3 is 0 Å². The number of hydrogen-bond acceptors (Lipinski definition) is 4.